The third kappa shape index (κ3) is 1.74. The first-order chi connectivity index (χ1) is 6.16. The predicted octanol–water partition coefficient (Wildman–Crippen LogP) is 3.15. The van der Waals surface area contributed by atoms with Gasteiger partial charge in [0.15, 0.2) is 5.12 Å². The van der Waals surface area contributed by atoms with Crippen LogP contribution in [0.1, 0.15) is 12.5 Å². The van der Waals surface area contributed by atoms with Gasteiger partial charge in [-0.15, -0.1) is 0 Å². The molecular weight excluding hydrogens is 204 g/mol. The van der Waals surface area contributed by atoms with E-state index in [1.165, 1.54) is 17.3 Å². The Morgan fingerprint density at radius 1 is 1.54 bits per heavy atom. The molecule has 0 aliphatic carbocycles. The summed E-state index contributed by atoms with van der Waals surface area (Å²) in [6.45, 7) is 1.96. The summed E-state index contributed by atoms with van der Waals surface area (Å²) in [5.41, 5.74) is 1.20. The molecule has 0 bridgehead atoms. The highest BCUT2D eigenvalue weighted by atomic mass is 35.5. The molecule has 1 unspecified atom stereocenters. The number of fused-ring (bicyclic) bond motifs is 1. The molecule has 0 amide bonds. The molecule has 3 heteroatoms. The summed E-state index contributed by atoms with van der Waals surface area (Å²) in [7, 11) is 0. The first kappa shape index (κ1) is 9.10. The Bertz CT molecular complexity index is 362. The molecule has 1 aliphatic rings. The molecule has 1 aromatic carbocycles. The summed E-state index contributed by atoms with van der Waals surface area (Å²) in [4.78, 5) is 12.4. The van der Waals surface area contributed by atoms with Crippen molar-refractivity contribution < 1.29 is 4.79 Å². The van der Waals surface area contributed by atoms with Gasteiger partial charge >= 0.3 is 0 Å². The quantitative estimate of drug-likeness (QED) is 0.657. The zero-order valence-corrected chi connectivity index (χ0v) is 8.78. The zero-order chi connectivity index (χ0) is 9.42. The van der Waals surface area contributed by atoms with E-state index in [0.717, 1.165) is 16.3 Å². The van der Waals surface area contributed by atoms with Crippen molar-refractivity contribution in [2.45, 2.75) is 18.2 Å². The minimum Gasteiger partial charge on any atom is -0.287 e. The second-order valence-corrected chi connectivity index (χ2v) is 4.76. The molecule has 1 heterocycles. The van der Waals surface area contributed by atoms with Crippen molar-refractivity contribution in [3.63, 3.8) is 0 Å². The fraction of sp³-hybridized carbons (Fsp3) is 0.300. The molecular formula is C10H9ClOS. The van der Waals surface area contributed by atoms with Gasteiger partial charge in [0.2, 0.25) is 0 Å². The van der Waals surface area contributed by atoms with Crippen LogP contribution >= 0.6 is 23.4 Å². The van der Waals surface area contributed by atoms with Crippen LogP contribution in [0, 0.1) is 5.92 Å². The van der Waals surface area contributed by atoms with Crippen molar-refractivity contribution in [1.29, 1.82) is 0 Å². The molecule has 13 heavy (non-hydrogen) atoms. The van der Waals surface area contributed by atoms with Gasteiger partial charge in [-0.3, -0.25) is 4.79 Å². The average molecular weight is 213 g/mol. The highest BCUT2D eigenvalue weighted by Crippen LogP contribution is 2.35. The van der Waals surface area contributed by atoms with E-state index in [9.17, 15) is 4.79 Å². The van der Waals surface area contributed by atoms with Crippen LogP contribution in [-0.4, -0.2) is 5.12 Å². The van der Waals surface area contributed by atoms with E-state index in [-0.39, 0.29) is 11.0 Å². The number of carbonyl (C=O) groups is 1. The fourth-order valence-electron chi connectivity index (χ4n) is 1.43. The van der Waals surface area contributed by atoms with E-state index in [4.69, 9.17) is 11.6 Å². The van der Waals surface area contributed by atoms with Gasteiger partial charge in [-0.25, -0.2) is 0 Å². The standard InChI is InChI=1S/C10H9ClOS/c1-6-4-7-5-8(11)2-3-9(7)13-10(6)12/h2-3,5-6H,4H2,1H3. The first-order valence-corrected chi connectivity index (χ1v) is 5.36. The Morgan fingerprint density at radius 2 is 2.31 bits per heavy atom. The lowest BCUT2D eigenvalue weighted by Gasteiger charge is -2.19. The summed E-state index contributed by atoms with van der Waals surface area (Å²) in [5, 5.41) is 1.01. The first-order valence-electron chi connectivity index (χ1n) is 4.17. The van der Waals surface area contributed by atoms with Gasteiger partial charge in [0.1, 0.15) is 0 Å². The summed E-state index contributed by atoms with van der Waals surface area (Å²) >= 11 is 7.20. The highest BCUT2D eigenvalue weighted by Gasteiger charge is 2.23. The minimum atomic E-state index is 0.121. The summed E-state index contributed by atoms with van der Waals surface area (Å²) in [6.07, 6.45) is 0.821. The van der Waals surface area contributed by atoms with Crippen molar-refractivity contribution in [2.75, 3.05) is 0 Å². The largest absolute Gasteiger partial charge is 0.287 e. The van der Waals surface area contributed by atoms with Crippen LogP contribution in [0.5, 0.6) is 0 Å². The molecule has 1 aliphatic heterocycles. The van der Waals surface area contributed by atoms with Gasteiger partial charge in [0.25, 0.3) is 0 Å². The monoisotopic (exact) mass is 212 g/mol. The topological polar surface area (TPSA) is 17.1 Å². The van der Waals surface area contributed by atoms with E-state index < -0.39 is 0 Å². The molecule has 0 fully saturated rings. The van der Waals surface area contributed by atoms with E-state index in [2.05, 4.69) is 0 Å². The lowest BCUT2D eigenvalue weighted by atomic mass is 10.0. The average Bonchev–Trinajstić information content (AvgIpc) is 2.08. The van der Waals surface area contributed by atoms with E-state index in [0.29, 0.717) is 0 Å². The third-order valence-electron chi connectivity index (χ3n) is 2.16. The fourth-order valence-corrected chi connectivity index (χ4v) is 2.53. The second-order valence-electron chi connectivity index (χ2n) is 3.28. The van der Waals surface area contributed by atoms with Crippen molar-refractivity contribution in [3.8, 4) is 0 Å². The van der Waals surface area contributed by atoms with Gasteiger partial charge in [0.05, 0.1) is 0 Å². The maximum Gasteiger partial charge on any atom is 0.196 e. The maximum absolute atomic E-state index is 11.4. The lowest BCUT2D eigenvalue weighted by Crippen LogP contribution is -2.15. The molecule has 0 saturated heterocycles. The molecule has 1 aromatic rings. The Kier molecular flexibility index (Phi) is 2.35. The molecule has 0 saturated carbocycles. The smallest absolute Gasteiger partial charge is 0.196 e. The Labute approximate surface area is 86.5 Å². The Morgan fingerprint density at radius 3 is 3.08 bits per heavy atom. The van der Waals surface area contributed by atoms with Gasteiger partial charge < -0.3 is 0 Å². The van der Waals surface area contributed by atoms with Gasteiger partial charge in [-0.1, -0.05) is 30.3 Å². The number of benzene rings is 1. The number of thioether (sulfide) groups is 1. The third-order valence-corrected chi connectivity index (χ3v) is 3.62. The van der Waals surface area contributed by atoms with Crippen LogP contribution in [0.25, 0.3) is 0 Å². The van der Waals surface area contributed by atoms with Gasteiger partial charge in [-0.05, 0) is 30.2 Å². The number of hydrogen-bond donors (Lipinski definition) is 0. The lowest BCUT2D eigenvalue weighted by molar-refractivity contribution is -0.114. The summed E-state index contributed by atoms with van der Waals surface area (Å²) in [5.74, 6) is 0.121. The van der Waals surface area contributed by atoms with Crippen LogP contribution in [0.4, 0.5) is 0 Å². The Balaban J connectivity index is 2.42. The highest BCUT2D eigenvalue weighted by molar-refractivity contribution is 8.13. The molecule has 1 atom stereocenters. The summed E-state index contributed by atoms with van der Waals surface area (Å²) in [6, 6.07) is 5.70. The van der Waals surface area contributed by atoms with Crippen LogP contribution in [0.15, 0.2) is 23.1 Å². The minimum absolute atomic E-state index is 0.121. The number of hydrogen-bond acceptors (Lipinski definition) is 2. The van der Waals surface area contributed by atoms with E-state index >= 15 is 0 Å². The van der Waals surface area contributed by atoms with Crippen LogP contribution in [-0.2, 0) is 11.2 Å². The Hall–Kier alpha value is -0.470. The van der Waals surface area contributed by atoms with E-state index in [1.807, 2.05) is 25.1 Å². The molecule has 1 nitrogen and oxygen atoms in total. The van der Waals surface area contributed by atoms with Crippen molar-refractivity contribution in [1.82, 2.24) is 0 Å². The maximum atomic E-state index is 11.4. The van der Waals surface area contributed by atoms with Crippen molar-refractivity contribution in [3.05, 3.63) is 28.8 Å². The van der Waals surface area contributed by atoms with Crippen LogP contribution < -0.4 is 0 Å². The van der Waals surface area contributed by atoms with Crippen LogP contribution in [0.2, 0.25) is 5.02 Å². The number of halogens is 1. The second kappa shape index (κ2) is 3.35. The predicted molar refractivity (Wildman–Crippen MR) is 55.2 cm³/mol. The molecule has 2 rings (SSSR count). The van der Waals surface area contributed by atoms with Crippen molar-refractivity contribution in [2.24, 2.45) is 5.92 Å². The molecule has 0 aromatic heterocycles. The molecule has 0 N–H and O–H groups in total. The molecule has 68 valence electrons. The zero-order valence-electron chi connectivity index (χ0n) is 7.21. The van der Waals surface area contributed by atoms with E-state index in [1.54, 1.807) is 0 Å². The summed E-state index contributed by atoms with van der Waals surface area (Å²) < 4.78 is 0. The molecule has 0 spiro atoms. The number of carbonyl (C=O) groups excluding carboxylic acids is 1. The number of rotatable bonds is 0. The SMILES string of the molecule is CC1Cc2cc(Cl)ccc2SC1=O. The van der Waals surface area contributed by atoms with Crippen molar-refractivity contribution >= 4 is 28.5 Å². The van der Waals surface area contributed by atoms with Gasteiger partial charge in [-0.2, -0.15) is 0 Å². The van der Waals surface area contributed by atoms with Crippen LogP contribution in [0.3, 0.4) is 0 Å². The van der Waals surface area contributed by atoms with Gasteiger partial charge in [0, 0.05) is 15.8 Å². The molecule has 0 radical (unpaired) electrons. The normalized spacial score (nSPS) is 21.4.